The van der Waals surface area contributed by atoms with Crippen molar-refractivity contribution >= 4 is 34.9 Å². The maximum atomic E-state index is 13.3. The summed E-state index contributed by atoms with van der Waals surface area (Å²) in [7, 11) is 0. The van der Waals surface area contributed by atoms with E-state index in [4.69, 9.17) is 0 Å². The number of rotatable bonds is 4. The van der Waals surface area contributed by atoms with Gasteiger partial charge in [0.25, 0.3) is 0 Å². The van der Waals surface area contributed by atoms with E-state index in [-0.39, 0.29) is 24.3 Å². The average molecular weight is 459 g/mol. The van der Waals surface area contributed by atoms with Crippen molar-refractivity contribution in [3.63, 3.8) is 0 Å². The van der Waals surface area contributed by atoms with Crippen LogP contribution in [0.1, 0.15) is 35.8 Å². The van der Waals surface area contributed by atoms with Gasteiger partial charge in [-0.15, -0.1) is 0 Å². The molecule has 1 fully saturated rings. The fourth-order valence-electron chi connectivity index (χ4n) is 4.56. The smallest absolute Gasteiger partial charge is 0.320 e. The molecule has 0 saturated carbocycles. The van der Waals surface area contributed by atoms with Crippen LogP contribution in [0.4, 0.5) is 22.0 Å². The predicted molar refractivity (Wildman–Crippen MR) is 129 cm³/mol. The Kier molecular flexibility index (Phi) is 5.75. The zero-order valence-electron chi connectivity index (χ0n) is 18.9. The fraction of sp³-hybridized carbons (Fsp3) is 0.280. The van der Waals surface area contributed by atoms with Crippen LogP contribution in [-0.4, -0.2) is 57.1 Å². The monoisotopic (exact) mass is 458 g/mol. The number of hydrogen-bond donors (Lipinski definition) is 3. The normalized spacial score (nSPS) is 15.3. The summed E-state index contributed by atoms with van der Waals surface area (Å²) in [6.45, 7) is 3.25. The molecule has 2 aromatic heterocycles. The van der Waals surface area contributed by atoms with Gasteiger partial charge in [0.05, 0.1) is 30.0 Å². The number of benzene rings is 1. The third-order valence-corrected chi connectivity index (χ3v) is 6.08. The second kappa shape index (κ2) is 9.01. The zero-order valence-corrected chi connectivity index (χ0v) is 18.9. The minimum absolute atomic E-state index is 0.0383. The highest BCUT2D eigenvalue weighted by Crippen LogP contribution is 2.38. The van der Waals surface area contributed by atoms with E-state index in [1.54, 1.807) is 17.2 Å². The van der Waals surface area contributed by atoms with Crippen molar-refractivity contribution in [1.82, 2.24) is 19.8 Å². The van der Waals surface area contributed by atoms with Crippen molar-refractivity contribution in [2.24, 2.45) is 0 Å². The predicted octanol–water partition coefficient (Wildman–Crippen LogP) is 3.99. The molecule has 4 heterocycles. The van der Waals surface area contributed by atoms with Crippen molar-refractivity contribution in [3.05, 3.63) is 59.9 Å². The third kappa shape index (κ3) is 4.24. The number of Topliss-reactive ketones (excluding diaryl/α,β-unsaturated/α-hetero) is 1. The fourth-order valence-corrected chi connectivity index (χ4v) is 4.56. The number of ketones is 1. The molecule has 1 aromatic carbocycles. The van der Waals surface area contributed by atoms with Crippen molar-refractivity contribution in [2.75, 3.05) is 30.3 Å². The van der Waals surface area contributed by atoms with Gasteiger partial charge in [0.1, 0.15) is 5.82 Å². The molecule has 2 aliphatic heterocycles. The van der Waals surface area contributed by atoms with Gasteiger partial charge in [-0.2, -0.15) is 0 Å². The van der Waals surface area contributed by atoms with Crippen molar-refractivity contribution < 1.29 is 14.4 Å². The lowest BCUT2D eigenvalue weighted by Gasteiger charge is -2.30. The highest BCUT2D eigenvalue weighted by molar-refractivity contribution is 6.09. The number of carbonyl (C=O) groups is 3. The Bertz CT molecular complexity index is 1250. The molecule has 0 atom stereocenters. The Morgan fingerprint density at radius 2 is 1.79 bits per heavy atom. The number of amides is 3. The van der Waals surface area contributed by atoms with Crippen LogP contribution in [0.15, 0.2) is 48.7 Å². The SMILES string of the molecule is CC(=O)Nc1cc(-c2[nH]c3c(c2Nc2ccccc2)C(=O)CN(C(=O)N2CCCC2)C3)ccn1. The van der Waals surface area contributed by atoms with E-state index >= 15 is 0 Å². The summed E-state index contributed by atoms with van der Waals surface area (Å²) in [6, 6.07) is 13.1. The number of hydrogen-bond acceptors (Lipinski definition) is 5. The van der Waals surface area contributed by atoms with Crippen LogP contribution in [0.3, 0.4) is 0 Å². The number of urea groups is 1. The number of nitrogens with zero attached hydrogens (tertiary/aromatic N) is 3. The molecular formula is C25H26N6O3. The Labute approximate surface area is 197 Å². The number of aromatic amines is 1. The van der Waals surface area contributed by atoms with Crippen LogP contribution >= 0.6 is 0 Å². The van der Waals surface area contributed by atoms with Crippen LogP contribution in [0.25, 0.3) is 11.3 Å². The second-order valence-electron chi connectivity index (χ2n) is 8.59. The first kappa shape index (κ1) is 21.7. The average Bonchev–Trinajstić information content (AvgIpc) is 3.48. The van der Waals surface area contributed by atoms with Gasteiger partial charge in [0.2, 0.25) is 5.91 Å². The molecule has 3 N–H and O–H groups in total. The summed E-state index contributed by atoms with van der Waals surface area (Å²) in [4.78, 5) is 48.9. The molecular weight excluding hydrogens is 432 g/mol. The first-order valence-electron chi connectivity index (χ1n) is 11.4. The molecule has 0 radical (unpaired) electrons. The first-order chi connectivity index (χ1) is 16.5. The van der Waals surface area contributed by atoms with Gasteiger partial charge in [-0.05, 0) is 37.1 Å². The minimum Gasteiger partial charge on any atom is -0.355 e. The Morgan fingerprint density at radius 1 is 1.03 bits per heavy atom. The van der Waals surface area contributed by atoms with E-state index in [1.807, 2.05) is 41.3 Å². The van der Waals surface area contributed by atoms with E-state index in [0.717, 1.165) is 37.2 Å². The zero-order chi connectivity index (χ0) is 23.7. The Morgan fingerprint density at radius 3 is 2.53 bits per heavy atom. The minimum atomic E-state index is -0.218. The van der Waals surface area contributed by atoms with Crippen LogP contribution in [0.2, 0.25) is 0 Å². The number of H-pyrrole nitrogens is 1. The van der Waals surface area contributed by atoms with E-state index in [9.17, 15) is 14.4 Å². The molecule has 0 unspecified atom stereocenters. The number of nitrogens with one attached hydrogen (secondary N) is 3. The summed E-state index contributed by atoms with van der Waals surface area (Å²) in [5.41, 5.74) is 4.20. The van der Waals surface area contributed by atoms with E-state index in [2.05, 4.69) is 20.6 Å². The number of aromatic nitrogens is 2. The Balaban J connectivity index is 1.55. The molecule has 0 aliphatic carbocycles. The molecule has 1 saturated heterocycles. The lowest BCUT2D eigenvalue weighted by Crippen LogP contribution is -2.46. The number of pyridine rings is 1. The van der Waals surface area contributed by atoms with Gasteiger partial charge in [-0.1, -0.05) is 18.2 Å². The summed E-state index contributed by atoms with van der Waals surface area (Å²) >= 11 is 0. The molecule has 9 heteroatoms. The molecule has 5 rings (SSSR count). The topological polar surface area (TPSA) is 110 Å². The van der Waals surface area contributed by atoms with Crippen molar-refractivity contribution in [1.29, 1.82) is 0 Å². The van der Waals surface area contributed by atoms with Gasteiger partial charge in [-0.3, -0.25) is 9.59 Å². The molecule has 0 bridgehead atoms. The van der Waals surface area contributed by atoms with Crippen molar-refractivity contribution in [2.45, 2.75) is 26.3 Å². The summed E-state index contributed by atoms with van der Waals surface area (Å²) in [6.07, 6.45) is 3.60. The van der Waals surface area contributed by atoms with Gasteiger partial charge in [0, 0.05) is 43.2 Å². The maximum absolute atomic E-state index is 13.3. The van der Waals surface area contributed by atoms with E-state index in [1.165, 1.54) is 6.92 Å². The number of anilines is 3. The lowest BCUT2D eigenvalue weighted by molar-refractivity contribution is -0.114. The third-order valence-electron chi connectivity index (χ3n) is 6.08. The number of para-hydroxylation sites is 1. The largest absolute Gasteiger partial charge is 0.355 e. The van der Waals surface area contributed by atoms with Gasteiger partial charge < -0.3 is 25.4 Å². The summed E-state index contributed by atoms with van der Waals surface area (Å²) in [5.74, 6) is 0.0792. The van der Waals surface area contributed by atoms with Crippen LogP contribution in [-0.2, 0) is 11.3 Å². The maximum Gasteiger partial charge on any atom is 0.320 e. The molecule has 2 aliphatic rings. The van der Waals surface area contributed by atoms with Gasteiger partial charge in [-0.25, -0.2) is 9.78 Å². The molecule has 174 valence electrons. The highest BCUT2D eigenvalue weighted by Gasteiger charge is 2.34. The van der Waals surface area contributed by atoms with Crippen LogP contribution in [0.5, 0.6) is 0 Å². The second-order valence-corrected chi connectivity index (χ2v) is 8.59. The van der Waals surface area contributed by atoms with Gasteiger partial charge in [0.15, 0.2) is 5.78 Å². The van der Waals surface area contributed by atoms with Crippen molar-refractivity contribution in [3.8, 4) is 11.3 Å². The lowest BCUT2D eigenvalue weighted by atomic mass is 10.0. The summed E-state index contributed by atoms with van der Waals surface area (Å²) < 4.78 is 0. The molecule has 34 heavy (non-hydrogen) atoms. The van der Waals surface area contributed by atoms with Crippen LogP contribution in [0, 0.1) is 0 Å². The summed E-state index contributed by atoms with van der Waals surface area (Å²) in [5, 5.41) is 6.09. The number of carbonyl (C=O) groups excluding carboxylic acids is 3. The standard InChI is InChI=1S/C25H26N6O3/c1-16(32)27-21-13-17(9-10-26-21)23-24(28-18-7-3-2-4-8-18)22-19(29-23)14-31(15-20(22)33)25(34)30-11-5-6-12-30/h2-4,7-10,13,28-29H,5-6,11-12,14-15H2,1H3,(H,26,27,32). The molecule has 3 aromatic rings. The van der Waals surface area contributed by atoms with E-state index < -0.39 is 0 Å². The highest BCUT2D eigenvalue weighted by atomic mass is 16.2. The molecule has 3 amide bonds. The molecule has 0 spiro atoms. The first-order valence-corrected chi connectivity index (χ1v) is 11.4. The Hall–Kier alpha value is -4.14. The van der Waals surface area contributed by atoms with E-state index in [0.29, 0.717) is 35.0 Å². The quantitative estimate of drug-likeness (QED) is 0.548. The molecule has 9 nitrogen and oxygen atoms in total. The van der Waals surface area contributed by atoms with Crippen LogP contribution < -0.4 is 10.6 Å². The number of fused-ring (bicyclic) bond motifs is 1. The van der Waals surface area contributed by atoms with Gasteiger partial charge >= 0.3 is 6.03 Å². The number of likely N-dealkylation sites (tertiary alicyclic amines) is 1.